The van der Waals surface area contributed by atoms with E-state index in [-0.39, 0.29) is 11.8 Å². The molecule has 0 unspecified atom stereocenters. The van der Waals surface area contributed by atoms with Gasteiger partial charge in [0, 0.05) is 0 Å². The lowest BCUT2D eigenvalue weighted by atomic mass is 10.2. The van der Waals surface area contributed by atoms with Crippen LogP contribution in [0.2, 0.25) is 0 Å². The Bertz CT molecular complexity index is 1140. The average Bonchev–Trinajstić information content (AvgIpc) is 3.02. The zero-order valence-electron chi connectivity index (χ0n) is 13.9. The first-order valence-corrected chi connectivity index (χ1v) is 8.92. The van der Waals surface area contributed by atoms with Crippen LogP contribution in [-0.4, -0.2) is 28.6 Å². The van der Waals surface area contributed by atoms with E-state index in [4.69, 9.17) is 0 Å². The Morgan fingerprint density at radius 1 is 1.04 bits per heavy atom. The van der Waals surface area contributed by atoms with Crippen LogP contribution in [0.15, 0.2) is 41.3 Å². The summed E-state index contributed by atoms with van der Waals surface area (Å²) >= 11 is 0. The van der Waals surface area contributed by atoms with E-state index in [0.717, 1.165) is 12.1 Å². The average molecular weight is 419 g/mol. The van der Waals surface area contributed by atoms with Gasteiger partial charge in [0.25, 0.3) is 10.0 Å². The van der Waals surface area contributed by atoms with Gasteiger partial charge in [-0.2, -0.15) is 17.9 Å². The highest BCUT2D eigenvalue weighted by molar-refractivity contribution is 7.92. The predicted octanol–water partition coefficient (Wildman–Crippen LogP) is 3.07. The molecule has 0 bridgehead atoms. The molecule has 13 heteroatoms. The minimum atomic E-state index is -5.10. The number of halogens is 5. The van der Waals surface area contributed by atoms with Crippen molar-refractivity contribution in [3.8, 4) is 5.69 Å². The maximum absolute atomic E-state index is 14.1. The van der Waals surface area contributed by atoms with Crippen molar-refractivity contribution in [1.82, 2.24) is 20.2 Å². The Balaban J connectivity index is 2.01. The van der Waals surface area contributed by atoms with Crippen molar-refractivity contribution in [2.45, 2.75) is 18.0 Å². The first-order valence-electron chi connectivity index (χ1n) is 7.43. The molecule has 0 saturated heterocycles. The number of benzene rings is 2. The second-order valence-corrected chi connectivity index (χ2v) is 7.23. The highest BCUT2D eigenvalue weighted by Crippen LogP contribution is 2.33. The van der Waals surface area contributed by atoms with E-state index in [9.17, 15) is 30.4 Å². The fourth-order valence-electron chi connectivity index (χ4n) is 2.29. The summed E-state index contributed by atoms with van der Waals surface area (Å²) in [5.74, 6) is -2.29. The molecule has 1 N–H and O–H groups in total. The van der Waals surface area contributed by atoms with Gasteiger partial charge in [-0.25, -0.2) is 17.2 Å². The van der Waals surface area contributed by atoms with Gasteiger partial charge in [0.15, 0.2) is 5.82 Å². The summed E-state index contributed by atoms with van der Waals surface area (Å²) in [5, 5.41) is 10.7. The standard InChI is InChI=1S/C15H10F5N5O2S/c1-8-21-23-24-25(8)9-2-4-13(17)14(6-9)22-28(26,27)10-3-5-12(16)11(7-10)15(18,19)20/h2-7,22H,1H3. The summed E-state index contributed by atoms with van der Waals surface area (Å²) in [6.07, 6.45) is -5.10. The van der Waals surface area contributed by atoms with Crippen molar-refractivity contribution in [3.05, 3.63) is 59.4 Å². The molecule has 1 aromatic heterocycles. The molecule has 0 atom stereocenters. The Kier molecular flexibility index (Phi) is 4.79. The summed E-state index contributed by atoms with van der Waals surface area (Å²) in [5.41, 5.74) is -2.10. The topological polar surface area (TPSA) is 89.8 Å². The zero-order valence-corrected chi connectivity index (χ0v) is 14.7. The molecule has 1 heterocycles. The molecule has 0 amide bonds. The SMILES string of the molecule is Cc1nnnn1-c1ccc(F)c(NS(=O)(=O)c2ccc(F)c(C(F)(F)F)c2)c1. The maximum atomic E-state index is 14.1. The van der Waals surface area contributed by atoms with Crippen LogP contribution in [-0.2, 0) is 16.2 Å². The van der Waals surface area contributed by atoms with E-state index in [1.165, 1.54) is 10.7 Å². The third-order valence-electron chi connectivity index (χ3n) is 3.62. The number of anilines is 1. The number of aryl methyl sites for hydroxylation is 1. The third kappa shape index (κ3) is 3.78. The van der Waals surface area contributed by atoms with Crippen molar-refractivity contribution < 1.29 is 30.4 Å². The largest absolute Gasteiger partial charge is 0.419 e. The van der Waals surface area contributed by atoms with E-state index in [1.54, 1.807) is 6.92 Å². The molecule has 0 aliphatic heterocycles. The molecule has 0 spiro atoms. The molecular formula is C15H10F5N5O2S. The molecule has 0 saturated carbocycles. The van der Waals surface area contributed by atoms with Crippen LogP contribution in [0.25, 0.3) is 5.69 Å². The monoisotopic (exact) mass is 419 g/mol. The first kappa shape index (κ1) is 19.7. The highest BCUT2D eigenvalue weighted by atomic mass is 32.2. The fourth-order valence-corrected chi connectivity index (χ4v) is 3.37. The zero-order chi connectivity index (χ0) is 20.7. The lowest BCUT2D eigenvalue weighted by molar-refractivity contribution is -0.140. The minimum absolute atomic E-state index is 0.130. The van der Waals surface area contributed by atoms with Gasteiger partial charge in [-0.05, 0) is 53.7 Å². The molecule has 0 radical (unpaired) electrons. The van der Waals surface area contributed by atoms with Crippen molar-refractivity contribution in [1.29, 1.82) is 0 Å². The van der Waals surface area contributed by atoms with E-state index in [1.807, 2.05) is 4.72 Å². The summed E-state index contributed by atoms with van der Waals surface area (Å²) in [7, 11) is -4.65. The summed E-state index contributed by atoms with van der Waals surface area (Å²) in [6.45, 7) is 1.55. The van der Waals surface area contributed by atoms with Crippen molar-refractivity contribution in [2.75, 3.05) is 4.72 Å². The molecular weight excluding hydrogens is 409 g/mol. The molecule has 3 rings (SSSR count). The molecule has 0 aliphatic rings. The number of aromatic nitrogens is 4. The second-order valence-electron chi connectivity index (χ2n) is 5.55. The Hall–Kier alpha value is -3.09. The van der Waals surface area contributed by atoms with E-state index in [0.29, 0.717) is 18.0 Å². The number of hydrogen-bond acceptors (Lipinski definition) is 5. The Morgan fingerprint density at radius 2 is 1.71 bits per heavy atom. The normalized spacial score (nSPS) is 12.2. The van der Waals surface area contributed by atoms with Gasteiger partial charge in [-0.1, -0.05) is 0 Å². The van der Waals surface area contributed by atoms with Crippen LogP contribution < -0.4 is 4.72 Å². The van der Waals surface area contributed by atoms with Crippen molar-refractivity contribution in [2.24, 2.45) is 0 Å². The number of rotatable bonds is 4. The van der Waals surface area contributed by atoms with Gasteiger partial charge in [0.2, 0.25) is 0 Å². The molecule has 0 aliphatic carbocycles. The van der Waals surface area contributed by atoms with Crippen LogP contribution in [0.5, 0.6) is 0 Å². The molecule has 2 aromatic carbocycles. The highest BCUT2D eigenvalue weighted by Gasteiger charge is 2.35. The van der Waals surface area contributed by atoms with Gasteiger partial charge >= 0.3 is 6.18 Å². The second kappa shape index (κ2) is 6.82. The first-order chi connectivity index (χ1) is 13.0. The summed E-state index contributed by atoms with van der Waals surface area (Å²) in [4.78, 5) is -0.885. The number of hydrogen-bond donors (Lipinski definition) is 1. The predicted molar refractivity (Wildman–Crippen MR) is 86.1 cm³/mol. The number of tetrazole rings is 1. The molecule has 3 aromatic rings. The van der Waals surface area contributed by atoms with Gasteiger partial charge in [-0.15, -0.1) is 5.10 Å². The third-order valence-corrected chi connectivity index (χ3v) is 4.98. The van der Waals surface area contributed by atoms with E-state index in [2.05, 4.69) is 15.5 Å². The summed E-state index contributed by atoms with van der Waals surface area (Å²) in [6, 6.07) is 4.40. The van der Waals surface area contributed by atoms with Gasteiger partial charge in [-0.3, -0.25) is 4.72 Å². The van der Waals surface area contributed by atoms with E-state index < -0.39 is 44.0 Å². The molecule has 148 valence electrons. The summed E-state index contributed by atoms with van der Waals surface area (Å²) < 4.78 is 93.7. The quantitative estimate of drug-likeness (QED) is 0.657. The number of nitrogens with zero attached hydrogens (tertiary/aromatic N) is 4. The van der Waals surface area contributed by atoms with Crippen LogP contribution in [0.1, 0.15) is 11.4 Å². The lowest BCUT2D eigenvalue weighted by Gasteiger charge is -2.13. The van der Waals surface area contributed by atoms with Crippen molar-refractivity contribution in [3.63, 3.8) is 0 Å². The Morgan fingerprint density at radius 3 is 2.32 bits per heavy atom. The smallest absolute Gasteiger partial charge is 0.277 e. The minimum Gasteiger partial charge on any atom is -0.277 e. The van der Waals surface area contributed by atoms with E-state index >= 15 is 0 Å². The van der Waals surface area contributed by atoms with Gasteiger partial charge < -0.3 is 0 Å². The molecule has 28 heavy (non-hydrogen) atoms. The number of nitrogens with one attached hydrogen (secondary N) is 1. The number of alkyl halides is 3. The van der Waals surface area contributed by atoms with Gasteiger partial charge in [0.1, 0.15) is 11.6 Å². The van der Waals surface area contributed by atoms with Crippen LogP contribution >= 0.6 is 0 Å². The van der Waals surface area contributed by atoms with Crippen LogP contribution in [0.3, 0.4) is 0 Å². The van der Waals surface area contributed by atoms with Gasteiger partial charge in [0.05, 0.1) is 21.8 Å². The Labute approximate surface area is 154 Å². The van der Waals surface area contributed by atoms with Crippen LogP contribution in [0, 0.1) is 18.6 Å². The molecule has 0 fully saturated rings. The lowest BCUT2D eigenvalue weighted by Crippen LogP contribution is -2.16. The fraction of sp³-hybridized carbons (Fsp3) is 0.133. The maximum Gasteiger partial charge on any atom is 0.419 e. The van der Waals surface area contributed by atoms with Crippen LogP contribution in [0.4, 0.5) is 27.6 Å². The van der Waals surface area contributed by atoms with Crippen molar-refractivity contribution >= 4 is 15.7 Å². The number of sulfonamides is 1. The molecule has 7 nitrogen and oxygen atoms in total.